The van der Waals surface area contributed by atoms with Gasteiger partial charge in [0.25, 0.3) is 0 Å². The molecule has 0 aliphatic heterocycles. The maximum absolute atomic E-state index is 12.1. The van der Waals surface area contributed by atoms with E-state index in [1.165, 1.54) is 6.92 Å². The summed E-state index contributed by atoms with van der Waals surface area (Å²) in [5.74, 6) is -0.408. The molecule has 1 aromatic rings. The van der Waals surface area contributed by atoms with E-state index in [2.05, 4.69) is 0 Å². The topological polar surface area (TPSA) is 52.6 Å². The lowest BCUT2D eigenvalue weighted by atomic mass is 9.95. The fourth-order valence-electron chi connectivity index (χ4n) is 2.47. The Morgan fingerprint density at radius 2 is 1.65 bits per heavy atom. The third-order valence-corrected chi connectivity index (χ3v) is 3.73. The van der Waals surface area contributed by atoms with E-state index < -0.39 is 0 Å². The molecule has 0 atom stereocenters. The molecule has 0 N–H and O–H groups in total. The molecule has 1 aromatic carbocycles. The van der Waals surface area contributed by atoms with Crippen LogP contribution in [0.3, 0.4) is 0 Å². The van der Waals surface area contributed by atoms with Gasteiger partial charge in [0.2, 0.25) is 0 Å². The molecule has 2 rings (SSSR count). The van der Waals surface area contributed by atoms with Gasteiger partial charge in [-0.05, 0) is 44.7 Å². The van der Waals surface area contributed by atoms with E-state index in [9.17, 15) is 9.59 Å². The first-order valence-electron chi connectivity index (χ1n) is 6.95. The van der Waals surface area contributed by atoms with E-state index in [-0.39, 0.29) is 24.0 Å². The van der Waals surface area contributed by atoms with Crippen molar-refractivity contribution in [1.29, 1.82) is 0 Å². The average Bonchev–Trinajstić information content (AvgIpc) is 2.48. The number of ether oxygens (including phenoxy) is 2. The lowest BCUT2D eigenvalue weighted by molar-refractivity contribution is -0.00540. The summed E-state index contributed by atoms with van der Waals surface area (Å²) < 4.78 is 10.8. The second-order valence-corrected chi connectivity index (χ2v) is 5.18. The molecule has 1 fully saturated rings. The first-order chi connectivity index (χ1) is 9.60. The number of carbonyl (C=O) groups excluding carboxylic acids is 2. The summed E-state index contributed by atoms with van der Waals surface area (Å²) in [6.07, 6.45) is 3.73. The fraction of sp³-hybridized carbons (Fsp3) is 0.500. The van der Waals surface area contributed by atoms with Crippen LogP contribution in [0.1, 0.15) is 53.3 Å². The third kappa shape index (κ3) is 3.67. The maximum atomic E-state index is 12.1. The zero-order chi connectivity index (χ0) is 14.5. The largest absolute Gasteiger partial charge is 0.459 e. The Bertz CT molecular complexity index is 487. The zero-order valence-corrected chi connectivity index (χ0v) is 11.9. The molecule has 1 saturated carbocycles. The monoisotopic (exact) mass is 276 g/mol. The van der Waals surface area contributed by atoms with Crippen LogP contribution in [0, 0.1) is 0 Å². The molecule has 108 valence electrons. The molecule has 1 aliphatic rings. The normalized spacial score (nSPS) is 22.3. The van der Waals surface area contributed by atoms with Gasteiger partial charge in [-0.2, -0.15) is 0 Å². The third-order valence-electron chi connectivity index (χ3n) is 3.73. The highest BCUT2D eigenvalue weighted by Crippen LogP contribution is 2.24. The molecular formula is C16H20O4. The molecule has 0 unspecified atom stereocenters. The van der Waals surface area contributed by atoms with Crippen molar-refractivity contribution in [3.05, 3.63) is 35.4 Å². The van der Waals surface area contributed by atoms with Gasteiger partial charge in [0, 0.05) is 12.7 Å². The van der Waals surface area contributed by atoms with Crippen LogP contribution >= 0.6 is 0 Å². The van der Waals surface area contributed by atoms with Crippen LogP contribution < -0.4 is 0 Å². The van der Waals surface area contributed by atoms with Gasteiger partial charge in [0.15, 0.2) is 5.78 Å². The second kappa shape index (κ2) is 6.66. The van der Waals surface area contributed by atoms with Crippen molar-refractivity contribution in [1.82, 2.24) is 0 Å². The van der Waals surface area contributed by atoms with Gasteiger partial charge < -0.3 is 9.47 Å². The van der Waals surface area contributed by atoms with E-state index in [4.69, 9.17) is 9.47 Å². The average molecular weight is 276 g/mol. The molecular weight excluding hydrogens is 256 g/mol. The minimum Gasteiger partial charge on any atom is -0.459 e. The van der Waals surface area contributed by atoms with Crippen molar-refractivity contribution >= 4 is 11.8 Å². The summed E-state index contributed by atoms with van der Waals surface area (Å²) in [5, 5.41) is 0. The number of esters is 1. The molecule has 0 radical (unpaired) electrons. The first kappa shape index (κ1) is 14.7. The van der Waals surface area contributed by atoms with Gasteiger partial charge in [-0.1, -0.05) is 12.1 Å². The quantitative estimate of drug-likeness (QED) is 0.626. The number of benzene rings is 1. The van der Waals surface area contributed by atoms with Crippen molar-refractivity contribution in [2.24, 2.45) is 0 Å². The zero-order valence-electron chi connectivity index (χ0n) is 11.9. The van der Waals surface area contributed by atoms with Crippen LogP contribution in [0.15, 0.2) is 24.3 Å². The number of Topliss-reactive ketones (excluding diaryl/α,β-unsaturated/α-hetero) is 1. The predicted molar refractivity (Wildman–Crippen MR) is 74.9 cm³/mol. The van der Waals surface area contributed by atoms with Crippen LogP contribution in [-0.2, 0) is 9.47 Å². The van der Waals surface area contributed by atoms with E-state index in [0.29, 0.717) is 11.1 Å². The van der Waals surface area contributed by atoms with Gasteiger partial charge >= 0.3 is 5.97 Å². The van der Waals surface area contributed by atoms with Crippen LogP contribution in [0.5, 0.6) is 0 Å². The number of rotatable bonds is 4. The molecule has 0 spiro atoms. The molecule has 20 heavy (non-hydrogen) atoms. The van der Waals surface area contributed by atoms with Gasteiger partial charge in [-0.15, -0.1) is 0 Å². The van der Waals surface area contributed by atoms with Crippen molar-refractivity contribution < 1.29 is 19.1 Å². The fourth-order valence-corrected chi connectivity index (χ4v) is 2.47. The lowest BCUT2D eigenvalue weighted by Crippen LogP contribution is -2.27. The molecule has 0 aromatic heterocycles. The molecule has 0 amide bonds. The van der Waals surface area contributed by atoms with Crippen LogP contribution in [0.2, 0.25) is 0 Å². The summed E-state index contributed by atoms with van der Waals surface area (Å²) in [7, 11) is 1.71. The second-order valence-electron chi connectivity index (χ2n) is 5.18. The number of ketones is 1. The van der Waals surface area contributed by atoms with Gasteiger partial charge in [-0.25, -0.2) is 4.79 Å². The summed E-state index contributed by atoms with van der Waals surface area (Å²) in [5.41, 5.74) is 0.967. The molecule has 1 aliphatic carbocycles. The molecule has 0 saturated heterocycles. The minimum atomic E-state index is -0.353. The van der Waals surface area contributed by atoms with Crippen LogP contribution in [-0.4, -0.2) is 31.1 Å². The summed E-state index contributed by atoms with van der Waals surface area (Å²) >= 11 is 0. The highest BCUT2D eigenvalue weighted by molar-refractivity contribution is 5.97. The maximum Gasteiger partial charge on any atom is 0.338 e. The van der Waals surface area contributed by atoms with Crippen LogP contribution in [0.25, 0.3) is 0 Å². The Hall–Kier alpha value is -1.68. The first-order valence-corrected chi connectivity index (χ1v) is 6.95. The Kier molecular flexibility index (Phi) is 4.90. The van der Waals surface area contributed by atoms with Crippen LogP contribution in [0.4, 0.5) is 0 Å². The summed E-state index contributed by atoms with van der Waals surface area (Å²) in [4.78, 5) is 23.4. The summed E-state index contributed by atoms with van der Waals surface area (Å²) in [6, 6.07) is 6.67. The van der Waals surface area contributed by atoms with E-state index in [1.807, 2.05) is 0 Å². The molecule has 4 nitrogen and oxygen atoms in total. The minimum absolute atomic E-state index is 0.0464. The Labute approximate surface area is 119 Å². The van der Waals surface area contributed by atoms with E-state index in [0.717, 1.165) is 25.7 Å². The Morgan fingerprint density at radius 3 is 2.25 bits per heavy atom. The summed E-state index contributed by atoms with van der Waals surface area (Å²) in [6.45, 7) is 1.48. The van der Waals surface area contributed by atoms with Crippen molar-refractivity contribution in [2.45, 2.75) is 44.8 Å². The predicted octanol–water partition coefficient (Wildman–Crippen LogP) is 3.00. The number of carbonyl (C=O) groups is 2. The van der Waals surface area contributed by atoms with Crippen molar-refractivity contribution in [2.75, 3.05) is 7.11 Å². The number of hydrogen-bond acceptors (Lipinski definition) is 4. The number of methoxy groups -OCH3 is 1. The number of hydrogen-bond donors (Lipinski definition) is 0. The van der Waals surface area contributed by atoms with Crippen molar-refractivity contribution in [3.8, 4) is 0 Å². The molecule has 4 heteroatoms. The standard InChI is InChI=1S/C16H20O4/c1-11(17)12-4-3-5-13(10-12)16(18)20-15-8-6-14(19-2)7-9-15/h3-5,10,14-15H,6-9H2,1-2H3. The SMILES string of the molecule is COC1CCC(OC(=O)c2cccc(C(C)=O)c2)CC1. The van der Waals surface area contributed by atoms with Gasteiger partial charge in [0.05, 0.1) is 11.7 Å². The molecule has 0 heterocycles. The smallest absolute Gasteiger partial charge is 0.338 e. The van der Waals surface area contributed by atoms with E-state index >= 15 is 0 Å². The van der Waals surface area contributed by atoms with Crippen molar-refractivity contribution in [3.63, 3.8) is 0 Å². The Morgan fingerprint density at radius 1 is 1.05 bits per heavy atom. The van der Waals surface area contributed by atoms with Gasteiger partial charge in [-0.3, -0.25) is 4.79 Å². The van der Waals surface area contributed by atoms with E-state index in [1.54, 1.807) is 31.4 Å². The highest BCUT2D eigenvalue weighted by atomic mass is 16.5. The highest BCUT2D eigenvalue weighted by Gasteiger charge is 2.24. The van der Waals surface area contributed by atoms with Gasteiger partial charge in [0.1, 0.15) is 6.10 Å². The lowest BCUT2D eigenvalue weighted by Gasteiger charge is -2.27. The molecule has 0 bridgehead atoms. The Balaban J connectivity index is 1.95.